The van der Waals surface area contributed by atoms with Gasteiger partial charge in [0, 0.05) is 25.2 Å². The molecule has 1 amide bonds. The molecule has 1 atom stereocenters. The van der Waals surface area contributed by atoms with E-state index in [1.54, 1.807) is 0 Å². The average molecular weight is 370 g/mol. The number of rotatable bonds is 3. The van der Waals surface area contributed by atoms with Crippen LogP contribution in [0.15, 0.2) is 30.3 Å². The summed E-state index contributed by atoms with van der Waals surface area (Å²) in [5, 5.41) is 3.36. The van der Waals surface area contributed by atoms with Crippen molar-refractivity contribution in [3.8, 4) is 0 Å². The van der Waals surface area contributed by atoms with Gasteiger partial charge in [0.05, 0.1) is 6.54 Å². The lowest BCUT2D eigenvalue weighted by molar-refractivity contribution is -0.118. The van der Waals surface area contributed by atoms with Crippen LogP contribution in [0.5, 0.6) is 0 Å². The zero-order valence-corrected chi connectivity index (χ0v) is 16.7. The Kier molecular flexibility index (Phi) is 6.01. The van der Waals surface area contributed by atoms with Gasteiger partial charge in [0.15, 0.2) is 0 Å². The second-order valence-corrected chi connectivity index (χ2v) is 8.87. The number of carbonyl (C=O) groups excluding carboxylic acids is 1. The van der Waals surface area contributed by atoms with E-state index in [4.69, 9.17) is 0 Å². The highest BCUT2D eigenvalue weighted by atomic mass is 16.2. The Morgan fingerprint density at radius 1 is 0.926 bits per heavy atom. The molecule has 4 nitrogen and oxygen atoms in total. The van der Waals surface area contributed by atoms with Gasteiger partial charge in [0.25, 0.3) is 0 Å². The van der Waals surface area contributed by atoms with Crippen LogP contribution in [0.2, 0.25) is 0 Å². The predicted molar refractivity (Wildman–Crippen MR) is 111 cm³/mol. The highest BCUT2D eigenvalue weighted by Crippen LogP contribution is 2.35. The summed E-state index contributed by atoms with van der Waals surface area (Å²) in [6.07, 6.45) is 13.2. The number of para-hydroxylation sites is 1. The molecule has 1 N–H and O–H groups in total. The van der Waals surface area contributed by atoms with Gasteiger partial charge in [-0.3, -0.25) is 4.79 Å². The molecule has 1 aromatic rings. The van der Waals surface area contributed by atoms with Gasteiger partial charge in [-0.2, -0.15) is 0 Å². The topological polar surface area (TPSA) is 35.6 Å². The monoisotopic (exact) mass is 369 g/mol. The predicted octanol–water partition coefficient (Wildman–Crippen LogP) is 4.17. The van der Waals surface area contributed by atoms with Crippen LogP contribution in [0.1, 0.15) is 64.2 Å². The van der Waals surface area contributed by atoms with Crippen LogP contribution < -0.4 is 10.2 Å². The summed E-state index contributed by atoms with van der Waals surface area (Å²) in [4.78, 5) is 17.3. The number of hydrogen-bond donors (Lipinski definition) is 1. The molecular formula is C23H35N3O. The van der Waals surface area contributed by atoms with Crippen molar-refractivity contribution in [1.82, 2.24) is 10.2 Å². The van der Waals surface area contributed by atoms with Gasteiger partial charge in [-0.1, -0.05) is 50.3 Å². The van der Waals surface area contributed by atoms with E-state index in [0.717, 1.165) is 31.7 Å². The molecule has 1 aliphatic carbocycles. The fourth-order valence-electron chi connectivity index (χ4n) is 5.45. The van der Waals surface area contributed by atoms with E-state index in [1.165, 1.54) is 63.7 Å². The maximum Gasteiger partial charge on any atom is 0.241 e. The molecule has 148 valence electrons. The van der Waals surface area contributed by atoms with Gasteiger partial charge >= 0.3 is 0 Å². The van der Waals surface area contributed by atoms with Crippen molar-refractivity contribution in [3.63, 3.8) is 0 Å². The summed E-state index contributed by atoms with van der Waals surface area (Å²) < 4.78 is 0. The Morgan fingerprint density at radius 2 is 1.67 bits per heavy atom. The van der Waals surface area contributed by atoms with Gasteiger partial charge in [-0.25, -0.2) is 0 Å². The number of likely N-dealkylation sites (tertiary alicyclic amines) is 1. The maximum absolute atomic E-state index is 12.3. The van der Waals surface area contributed by atoms with Crippen molar-refractivity contribution < 1.29 is 4.79 Å². The molecule has 0 aromatic heterocycles. The van der Waals surface area contributed by atoms with Crippen LogP contribution in [0.4, 0.5) is 5.69 Å². The van der Waals surface area contributed by atoms with Crippen molar-refractivity contribution in [1.29, 1.82) is 0 Å². The van der Waals surface area contributed by atoms with Crippen molar-refractivity contribution in [2.24, 2.45) is 5.92 Å². The van der Waals surface area contributed by atoms with Crippen LogP contribution in [-0.4, -0.2) is 42.6 Å². The van der Waals surface area contributed by atoms with E-state index in [9.17, 15) is 4.79 Å². The summed E-state index contributed by atoms with van der Waals surface area (Å²) >= 11 is 0. The third kappa shape index (κ3) is 4.48. The fourth-order valence-corrected chi connectivity index (χ4v) is 5.45. The van der Waals surface area contributed by atoms with E-state index in [1.807, 2.05) is 6.07 Å². The first kappa shape index (κ1) is 18.8. The summed E-state index contributed by atoms with van der Waals surface area (Å²) in [5.41, 5.74) is 0.984. The third-order valence-corrected chi connectivity index (χ3v) is 6.91. The van der Waals surface area contributed by atoms with E-state index < -0.39 is 0 Å². The van der Waals surface area contributed by atoms with E-state index >= 15 is 0 Å². The van der Waals surface area contributed by atoms with Crippen LogP contribution >= 0.6 is 0 Å². The molecule has 3 fully saturated rings. The van der Waals surface area contributed by atoms with Crippen LogP contribution in [0, 0.1) is 5.92 Å². The van der Waals surface area contributed by atoms with Gasteiger partial charge in [-0.15, -0.1) is 0 Å². The summed E-state index contributed by atoms with van der Waals surface area (Å²) in [7, 11) is 0. The summed E-state index contributed by atoms with van der Waals surface area (Å²) in [6, 6.07) is 10.5. The largest absolute Gasteiger partial charge is 0.339 e. The molecule has 3 aliphatic rings. The minimum Gasteiger partial charge on any atom is -0.339 e. The van der Waals surface area contributed by atoms with Gasteiger partial charge < -0.3 is 15.1 Å². The molecule has 27 heavy (non-hydrogen) atoms. The lowest BCUT2D eigenvalue weighted by Gasteiger charge is -2.38. The van der Waals surface area contributed by atoms with E-state index in [-0.39, 0.29) is 11.6 Å². The second kappa shape index (κ2) is 8.64. The van der Waals surface area contributed by atoms with Crippen molar-refractivity contribution >= 4 is 11.6 Å². The number of hydrogen-bond acceptors (Lipinski definition) is 3. The van der Waals surface area contributed by atoms with Crippen LogP contribution in [0.3, 0.4) is 0 Å². The van der Waals surface area contributed by atoms with Crippen molar-refractivity contribution in [2.45, 2.75) is 69.9 Å². The van der Waals surface area contributed by atoms with Gasteiger partial charge in [0.1, 0.15) is 5.66 Å². The summed E-state index contributed by atoms with van der Waals surface area (Å²) in [5.74, 6) is 1.05. The van der Waals surface area contributed by atoms with E-state index in [0.29, 0.717) is 6.54 Å². The first-order valence-electron chi connectivity index (χ1n) is 11.1. The molecule has 1 aromatic carbocycles. The number of carbonyl (C=O) groups is 1. The Hall–Kier alpha value is -1.55. The molecule has 1 unspecified atom stereocenters. The van der Waals surface area contributed by atoms with Gasteiger partial charge in [-0.05, 0) is 50.3 Å². The Labute approximate surface area is 164 Å². The Bertz CT molecular complexity index is 611. The number of amides is 1. The Balaban J connectivity index is 1.41. The molecule has 0 bridgehead atoms. The number of nitrogens with one attached hydrogen (secondary N) is 1. The second-order valence-electron chi connectivity index (χ2n) is 8.87. The third-order valence-electron chi connectivity index (χ3n) is 6.91. The molecule has 1 saturated carbocycles. The highest BCUT2D eigenvalue weighted by Gasteiger charge is 2.45. The molecular weight excluding hydrogens is 334 g/mol. The smallest absolute Gasteiger partial charge is 0.241 e. The number of nitrogens with zero attached hydrogens (tertiary/aromatic N) is 2. The summed E-state index contributed by atoms with van der Waals surface area (Å²) in [6.45, 7) is 4.03. The van der Waals surface area contributed by atoms with E-state index in [2.05, 4.69) is 39.4 Å². The van der Waals surface area contributed by atoms with Crippen LogP contribution in [0.25, 0.3) is 0 Å². The molecule has 2 heterocycles. The minimum atomic E-state index is -0.186. The molecule has 2 aliphatic heterocycles. The zero-order valence-electron chi connectivity index (χ0n) is 16.7. The molecule has 0 radical (unpaired) electrons. The molecule has 4 rings (SSSR count). The van der Waals surface area contributed by atoms with Gasteiger partial charge in [0.2, 0.25) is 5.91 Å². The average Bonchev–Trinajstić information content (AvgIpc) is 2.85. The lowest BCUT2D eigenvalue weighted by atomic mass is 9.91. The minimum absolute atomic E-state index is 0.173. The molecule has 1 spiro atoms. The quantitative estimate of drug-likeness (QED) is 0.869. The lowest BCUT2D eigenvalue weighted by Crippen LogP contribution is -2.52. The van der Waals surface area contributed by atoms with Crippen molar-refractivity contribution in [3.05, 3.63) is 30.3 Å². The molecule has 4 heteroatoms. The first-order valence-corrected chi connectivity index (χ1v) is 11.1. The SMILES string of the molecule is O=C1CN(c2ccccc2)C2(CCCN(CC3CCCCCCC3)CC2)N1. The normalized spacial score (nSPS) is 28.6. The van der Waals surface area contributed by atoms with Crippen LogP contribution in [-0.2, 0) is 4.79 Å². The standard InChI is InChI=1S/C23H35N3O/c27-22-19-26(21-12-7-4-8-13-21)23(24-22)14-9-16-25(17-15-23)18-20-10-5-2-1-3-6-11-20/h4,7-8,12-13,20H,1-3,5-6,9-11,14-19H2,(H,24,27). The zero-order chi connectivity index (χ0) is 18.5. The fraction of sp³-hybridized carbons (Fsp3) is 0.696. The number of benzene rings is 1. The molecule has 2 saturated heterocycles. The van der Waals surface area contributed by atoms with Crippen molar-refractivity contribution in [2.75, 3.05) is 31.1 Å². The first-order chi connectivity index (χ1) is 13.3. The maximum atomic E-state index is 12.3. The highest BCUT2D eigenvalue weighted by molar-refractivity contribution is 5.86. The number of anilines is 1. The Morgan fingerprint density at radius 3 is 2.44 bits per heavy atom.